The lowest BCUT2D eigenvalue weighted by Gasteiger charge is -2.30. The maximum absolute atomic E-state index is 4.54. The van der Waals surface area contributed by atoms with E-state index in [2.05, 4.69) is 51.6 Å². The summed E-state index contributed by atoms with van der Waals surface area (Å²) < 4.78 is 0. The summed E-state index contributed by atoms with van der Waals surface area (Å²) in [5.41, 5.74) is 2.44. The molecule has 3 rings (SSSR count). The Labute approximate surface area is 157 Å². The summed E-state index contributed by atoms with van der Waals surface area (Å²) in [6.07, 6.45) is 10.4. The number of likely N-dealkylation sites (tertiary alicyclic amines) is 1. The molecule has 0 aliphatic carbocycles. The van der Waals surface area contributed by atoms with Crippen molar-refractivity contribution < 1.29 is 0 Å². The number of nitrogens with zero attached hydrogens (tertiary/aromatic N) is 5. The van der Waals surface area contributed by atoms with Crippen LogP contribution >= 0.6 is 0 Å². The molecule has 0 bridgehead atoms. The Morgan fingerprint density at radius 3 is 2.58 bits per heavy atom. The SMILES string of the molecule is CCN1CCCC1CN(Cc1cccnc1)Cc1cnc(C(C)C)nc1. The molecule has 0 spiro atoms. The van der Waals surface area contributed by atoms with Gasteiger partial charge in [0.15, 0.2) is 0 Å². The highest BCUT2D eigenvalue weighted by Crippen LogP contribution is 2.20. The molecular weight excluding hydrogens is 322 g/mol. The minimum absolute atomic E-state index is 0.368. The van der Waals surface area contributed by atoms with Gasteiger partial charge in [-0.2, -0.15) is 0 Å². The van der Waals surface area contributed by atoms with Gasteiger partial charge in [0.25, 0.3) is 0 Å². The van der Waals surface area contributed by atoms with Crippen LogP contribution in [-0.2, 0) is 13.1 Å². The monoisotopic (exact) mass is 353 g/mol. The molecule has 0 radical (unpaired) electrons. The molecule has 0 amide bonds. The van der Waals surface area contributed by atoms with E-state index in [-0.39, 0.29) is 0 Å². The Morgan fingerprint density at radius 2 is 1.92 bits per heavy atom. The van der Waals surface area contributed by atoms with E-state index in [1.54, 1.807) is 0 Å². The number of hydrogen-bond donors (Lipinski definition) is 0. The Balaban J connectivity index is 1.71. The second-order valence-electron chi connectivity index (χ2n) is 7.56. The minimum Gasteiger partial charge on any atom is -0.299 e. The molecule has 1 atom stereocenters. The lowest BCUT2D eigenvalue weighted by Crippen LogP contribution is -2.39. The zero-order valence-corrected chi connectivity index (χ0v) is 16.3. The van der Waals surface area contributed by atoms with Gasteiger partial charge in [0.2, 0.25) is 0 Å². The van der Waals surface area contributed by atoms with Crippen molar-refractivity contribution in [2.75, 3.05) is 19.6 Å². The standard InChI is InChI=1S/C21H31N5/c1-4-26-10-6-8-20(26)16-25(14-18-7-5-9-22-11-18)15-19-12-23-21(17(2)3)24-13-19/h5,7,9,11-13,17,20H,4,6,8,10,14-16H2,1-3H3. The highest BCUT2D eigenvalue weighted by atomic mass is 15.2. The highest BCUT2D eigenvalue weighted by molar-refractivity contribution is 5.11. The van der Waals surface area contributed by atoms with Crippen LogP contribution in [0.5, 0.6) is 0 Å². The van der Waals surface area contributed by atoms with Gasteiger partial charge >= 0.3 is 0 Å². The summed E-state index contributed by atoms with van der Waals surface area (Å²) in [5, 5.41) is 0. The number of likely N-dealkylation sites (N-methyl/N-ethyl adjacent to an activating group) is 1. The molecule has 1 fully saturated rings. The molecule has 140 valence electrons. The van der Waals surface area contributed by atoms with Gasteiger partial charge < -0.3 is 0 Å². The van der Waals surface area contributed by atoms with E-state index >= 15 is 0 Å². The molecule has 0 saturated carbocycles. The molecule has 0 aromatic carbocycles. The summed E-state index contributed by atoms with van der Waals surface area (Å²) in [6.45, 7) is 11.8. The summed E-state index contributed by atoms with van der Waals surface area (Å²) in [4.78, 5) is 18.5. The van der Waals surface area contributed by atoms with Crippen molar-refractivity contribution >= 4 is 0 Å². The summed E-state index contributed by atoms with van der Waals surface area (Å²) in [5.74, 6) is 1.28. The van der Waals surface area contributed by atoms with E-state index in [0.29, 0.717) is 12.0 Å². The van der Waals surface area contributed by atoms with Crippen LogP contribution in [0.25, 0.3) is 0 Å². The topological polar surface area (TPSA) is 45.2 Å². The zero-order valence-electron chi connectivity index (χ0n) is 16.3. The van der Waals surface area contributed by atoms with Crippen LogP contribution in [-0.4, -0.2) is 50.4 Å². The summed E-state index contributed by atoms with van der Waals surface area (Å²) in [6, 6.07) is 4.82. The Morgan fingerprint density at radius 1 is 1.15 bits per heavy atom. The zero-order chi connectivity index (χ0) is 18.4. The smallest absolute Gasteiger partial charge is 0.130 e. The number of pyridine rings is 1. The van der Waals surface area contributed by atoms with Crippen molar-refractivity contribution in [3.05, 3.63) is 53.9 Å². The first-order valence-electron chi connectivity index (χ1n) is 9.81. The maximum Gasteiger partial charge on any atom is 0.130 e. The van der Waals surface area contributed by atoms with Gasteiger partial charge in [-0.05, 0) is 37.6 Å². The molecular formula is C21H31N5. The van der Waals surface area contributed by atoms with Crippen molar-refractivity contribution in [2.24, 2.45) is 0 Å². The van der Waals surface area contributed by atoms with Crippen LogP contribution in [0, 0.1) is 0 Å². The summed E-state index contributed by atoms with van der Waals surface area (Å²) >= 11 is 0. The average Bonchev–Trinajstić information content (AvgIpc) is 3.10. The van der Waals surface area contributed by atoms with Gasteiger partial charge in [0, 0.05) is 61.9 Å². The molecule has 5 nitrogen and oxygen atoms in total. The maximum atomic E-state index is 4.54. The third kappa shape index (κ3) is 5.08. The van der Waals surface area contributed by atoms with Crippen LogP contribution < -0.4 is 0 Å². The van der Waals surface area contributed by atoms with Crippen molar-refractivity contribution in [1.82, 2.24) is 24.8 Å². The van der Waals surface area contributed by atoms with Crippen LogP contribution in [0.1, 0.15) is 56.5 Å². The van der Waals surface area contributed by atoms with E-state index in [1.807, 2.05) is 30.9 Å². The van der Waals surface area contributed by atoms with Crippen LogP contribution in [0.2, 0.25) is 0 Å². The van der Waals surface area contributed by atoms with Crippen molar-refractivity contribution in [3.63, 3.8) is 0 Å². The molecule has 1 unspecified atom stereocenters. The van der Waals surface area contributed by atoms with E-state index < -0.39 is 0 Å². The van der Waals surface area contributed by atoms with Crippen LogP contribution in [0.4, 0.5) is 0 Å². The molecule has 3 heterocycles. The number of rotatable bonds is 8. The van der Waals surface area contributed by atoms with Gasteiger partial charge in [-0.3, -0.25) is 14.8 Å². The second kappa shape index (κ2) is 9.19. The van der Waals surface area contributed by atoms with E-state index in [4.69, 9.17) is 0 Å². The molecule has 1 aliphatic heterocycles. The highest BCUT2D eigenvalue weighted by Gasteiger charge is 2.25. The largest absolute Gasteiger partial charge is 0.299 e. The van der Waals surface area contributed by atoms with Crippen LogP contribution in [0.15, 0.2) is 36.9 Å². The third-order valence-electron chi connectivity index (χ3n) is 5.15. The van der Waals surface area contributed by atoms with Crippen molar-refractivity contribution in [2.45, 2.75) is 58.7 Å². The number of hydrogen-bond acceptors (Lipinski definition) is 5. The predicted octanol–water partition coefficient (Wildman–Crippen LogP) is 3.48. The second-order valence-corrected chi connectivity index (χ2v) is 7.56. The first-order chi connectivity index (χ1) is 12.7. The first kappa shape index (κ1) is 18.9. The van der Waals surface area contributed by atoms with Gasteiger partial charge in [0.05, 0.1) is 0 Å². The third-order valence-corrected chi connectivity index (χ3v) is 5.15. The fraction of sp³-hybridized carbons (Fsp3) is 0.571. The first-order valence-corrected chi connectivity index (χ1v) is 9.81. The Hall–Kier alpha value is -1.85. The normalized spacial score (nSPS) is 18.1. The lowest BCUT2D eigenvalue weighted by molar-refractivity contribution is 0.165. The quantitative estimate of drug-likeness (QED) is 0.727. The Kier molecular flexibility index (Phi) is 6.69. The van der Waals surface area contributed by atoms with Gasteiger partial charge in [0.1, 0.15) is 5.82 Å². The minimum atomic E-state index is 0.368. The fourth-order valence-corrected chi connectivity index (χ4v) is 3.75. The van der Waals surface area contributed by atoms with Gasteiger partial charge in [-0.25, -0.2) is 9.97 Å². The predicted molar refractivity (Wildman–Crippen MR) is 105 cm³/mol. The van der Waals surface area contributed by atoms with E-state index in [9.17, 15) is 0 Å². The molecule has 2 aromatic heterocycles. The van der Waals surface area contributed by atoms with Crippen molar-refractivity contribution in [1.29, 1.82) is 0 Å². The number of aromatic nitrogens is 3. The van der Waals surface area contributed by atoms with E-state index in [1.165, 1.54) is 30.5 Å². The molecule has 5 heteroatoms. The average molecular weight is 354 g/mol. The molecule has 1 saturated heterocycles. The fourth-order valence-electron chi connectivity index (χ4n) is 3.75. The Bertz CT molecular complexity index is 656. The molecule has 0 N–H and O–H groups in total. The van der Waals surface area contributed by atoms with Gasteiger partial charge in [-0.15, -0.1) is 0 Å². The van der Waals surface area contributed by atoms with Crippen molar-refractivity contribution in [3.8, 4) is 0 Å². The summed E-state index contributed by atoms with van der Waals surface area (Å²) in [7, 11) is 0. The molecule has 26 heavy (non-hydrogen) atoms. The van der Waals surface area contributed by atoms with Crippen LogP contribution in [0.3, 0.4) is 0 Å². The van der Waals surface area contributed by atoms with E-state index in [0.717, 1.165) is 32.0 Å². The molecule has 1 aliphatic rings. The molecule has 2 aromatic rings. The van der Waals surface area contributed by atoms with Gasteiger partial charge in [-0.1, -0.05) is 26.8 Å². The lowest BCUT2D eigenvalue weighted by atomic mass is 10.1.